The summed E-state index contributed by atoms with van der Waals surface area (Å²) in [6, 6.07) is 5.05. The first-order valence-electron chi connectivity index (χ1n) is 7.51. The minimum Gasteiger partial charge on any atom is -0.489 e. The smallest absolute Gasteiger partial charge is 0.139 e. The van der Waals surface area contributed by atoms with Crippen LogP contribution in [-0.2, 0) is 0 Å². The zero-order valence-electron chi connectivity index (χ0n) is 12.4. The van der Waals surface area contributed by atoms with Crippen molar-refractivity contribution in [1.82, 2.24) is 5.32 Å². The highest BCUT2D eigenvalue weighted by Gasteiger charge is 2.34. The Morgan fingerprint density at radius 3 is 2.76 bits per heavy atom. The predicted octanol–water partition coefficient (Wildman–Crippen LogP) is 3.90. The number of nitrogens with one attached hydrogen (secondary N) is 1. The van der Waals surface area contributed by atoms with E-state index in [1.54, 1.807) is 18.2 Å². The maximum Gasteiger partial charge on any atom is 0.139 e. The lowest BCUT2D eigenvalue weighted by molar-refractivity contribution is 0.0870. The van der Waals surface area contributed by atoms with Crippen LogP contribution in [0.2, 0.25) is 10.0 Å². The largest absolute Gasteiger partial charge is 0.489 e. The molecule has 2 rings (SSSR count). The summed E-state index contributed by atoms with van der Waals surface area (Å²) >= 11 is 11.9. The van der Waals surface area contributed by atoms with E-state index in [4.69, 9.17) is 27.9 Å². The lowest BCUT2D eigenvalue weighted by atomic mass is 9.67. The molecular formula is C16H23Cl2NO2. The first-order chi connectivity index (χ1) is 10.0. The molecule has 0 heterocycles. The van der Waals surface area contributed by atoms with Crippen molar-refractivity contribution < 1.29 is 9.84 Å². The normalized spacial score (nSPS) is 18.1. The van der Waals surface area contributed by atoms with Gasteiger partial charge in [0, 0.05) is 24.2 Å². The van der Waals surface area contributed by atoms with Gasteiger partial charge in [0.15, 0.2) is 0 Å². The average Bonchev–Trinajstić information content (AvgIpc) is 2.43. The number of halogens is 2. The molecular weight excluding hydrogens is 309 g/mol. The molecule has 0 saturated heterocycles. The monoisotopic (exact) mass is 331 g/mol. The molecule has 1 saturated carbocycles. The highest BCUT2D eigenvalue weighted by Crippen LogP contribution is 2.42. The molecule has 0 bridgehead atoms. The van der Waals surface area contributed by atoms with Crippen molar-refractivity contribution in [1.29, 1.82) is 0 Å². The number of benzene rings is 1. The van der Waals surface area contributed by atoms with Gasteiger partial charge in [-0.25, -0.2) is 0 Å². The second kappa shape index (κ2) is 7.68. The molecule has 2 N–H and O–H groups in total. The van der Waals surface area contributed by atoms with Gasteiger partial charge in [-0.15, -0.1) is 0 Å². The van der Waals surface area contributed by atoms with Gasteiger partial charge >= 0.3 is 0 Å². The van der Waals surface area contributed by atoms with Crippen LogP contribution in [0.25, 0.3) is 0 Å². The quantitative estimate of drug-likeness (QED) is 0.759. The van der Waals surface area contributed by atoms with E-state index in [1.807, 2.05) is 0 Å². The van der Waals surface area contributed by atoms with E-state index in [0.717, 1.165) is 6.54 Å². The van der Waals surface area contributed by atoms with Gasteiger partial charge in [-0.3, -0.25) is 0 Å². The molecule has 1 unspecified atom stereocenters. The zero-order chi connectivity index (χ0) is 15.3. The maximum absolute atomic E-state index is 9.97. The lowest BCUT2D eigenvalue weighted by Gasteiger charge is -2.41. The molecule has 1 aromatic rings. The highest BCUT2D eigenvalue weighted by atomic mass is 35.5. The Balaban J connectivity index is 1.70. The summed E-state index contributed by atoms with van der Waals surface area (Å²) in [5, 5.41) is 14.4. The Morgan fingerprint density at radius 1 is 1.38 bits per heavy atom. The van der Waals surface area contributed by atoms with Crippen LogP contribution in [0.3, 0.4) is 0 Å². The summed E-state index contributed by atoms with van der Waals surface area (Å²) in [6.45, 7) is 3.94. The number of aliphatic hydroxyl groups is 1. The molecule has 1 atom stereocenters. The van der Waals surface area contributed by atoms with E-state index in [0.29, 0.717) is 27.8 Å². The highest BCUT2D eigenvalue weighted by molar-refractivity contribution is 6.34. The van der Waals surface area contributed by atoms with Crippen LogP contribution in [-0.4, -0.2) is 30.9 Å². The van der Waals surface area contributed by atoms with Crippen LogP contribution in [0.1, 0.15) is 32.6 Å². The van der Waals surface area contributed by atoms with Crippen LogP contribution in [0.15, 0.2) is 18.2 Å². The fraction of sp³-hybridized carbons (Fsp3) is 0.625. The van der Waals surface area contributed by atoms with Crippen LogP contribution in [0, 0.1) is 5.41 Å². The van der Waals surface area contributed by atoms with Gasteiger partial charge in [0.2, 0.25) is 0 Å². The maximum atomic E-state index is 9.97. The molecule has 1 aromatic carbocycles. The summed E-state index contributed by atoms with van der Waals surface area (Å²) in [6.07, 6.45) is 4.55. The minimum atomic E-state index is -0.561. The number of hydrogen-bond donors (Lipinski definition) is 2. The fourth-order valence-electron chi connectivity index (χ4n) is 2.67. The predicted molar refractivity (Wildman–Crippen MR) is 87.4 cm³/mol. The van der Waals surface area contributed by atoms with E-state index in [1.165, 1.54) is 25.7 Å². The molecule has 118 valence electrons. The van der Waals surface area contributed by atoms with Crippen molar-refractivity contribution in [2.75, 3.05) is 19.7 Å². The fourth-order valence-corrected chi connectivity index (χ4v) is 3.00. The summed E-state index contributed by atoms with van der Waals surface area (Å²) < 4.78 is 5.52. The standard InChI is InChI=1S/C16H23Cl2NO2/c1-2-16(6-3-7-16)11-19-9-13(20)10-21-15-8-12(17)4-5-14(15)18/h4-5,8,13,19-20H,2-3,6-7,9-11H2,1H3. The molecule has 0 spiro atoms. The number of hydrogen-bond acceptors (Lipinski definition) is 3. The Morgan fingerprint density at radius 2 is 2.14 bits per heavy atom. The second-order valence-corrected chi connectivity index (χ2v) is 6.72. The van der Waals surface area contributed by atoms with Crippen molar-refractivity contribution >= 4 is 23.2 Å². The van der Waals surface area contributed by atoms with Crippen molar-refractivity contribution in [2.24, 2.45) is 5.41 Å². The summed E-state index contributed by atoms with van der Waals surface area (Å²) in [4.78, 5) is 0. The van der Waals surface area contributed by atoms with Crippen LogP contribution < -0.4 is 10.1 Å². The van der Waals surface area contributed by atoms with Gasteiger partial charge in [0.1, 0.15) is 18.5 Å². The molecule has 0 aliphatic heterocycles. The zero-order valence-corrected chi connectivity index (χ0v) is 13.9. The molecule has 21 heavy (non-hydrogen) atoms. The van der Waals surface area contributed by atoms with Crippen molar-refractivity contribution in [3.63, 3.8) is 0 Å². The Hall–Kier alpha value is -0.480. The minimum absolute atomic E-state index is 0.201. The third-order valence-corrected chi connectivity index (χ3v) is 4.92. The average molecular weight is 332 g/mol. The van der Waals surface area contributed by atoms with E-state index in [-0.39, 0.29) is 6.61 Å². The van der Waals surface area contributed by atoms with Gasteiger partial charge in [-0.05, 0) is 36.8 Å². The van der Waals surface area contributed by atoms with E-state index >= 15 is 0 Å². The van der Waals surface area contributed by atoms with Gasteiger partial charge in [0.25, 0.3) is 0 Å². The molecule has 1 fully saturated rings. The van der Waals surface area contributed by atoms with E-state index in [2.05, 4.69) is 12.2 Å². The molecule has 5 heteroatoms. The third kappa shape index (κ3) is 4.75. The lowest BCUT2D eigenvalue weighted by Crippen LogP contribution is -2.42. The Bertz CT molecular complexity index is 458. The molecule has 0 radical (unpaired) electrons. The summed E-state index contributed by atoms with van der Waals surface area (Å²) in [5.74, 6) is 0.507. The molecule has 1 aliphatic carbocycles. The number of rotatable bonds is 8. The van der Waals surface area contributed by atoms with Crippen molar-refractivity contribution in [3.05, 3.63) is 28.2 Å². The van der Waals surface area contributed by atoms with Crippen molar-refractivity contribution in [3.8, 4) is 5.75 Å². The van der Waals surface area contributed by atoms with Gasteiger partial charge in [-0.2, -0.15) is 0 Å². The second-order valence-electron chi connectivity index (χ2n) is 5.88. The third-order valence-electron chi connectivity index (χ3n) is 4.37. The van der Waals surface area contributed by atoms with Gasteiger partial charge < -0.3 is 15.2 Å². The summed E-state index contributed by atoms with van der Waals surface area (Å²) in [7, 11) is 0. The number of aliphatic hydroxyl groups excluding tert-OH is 1. The van der Waals surface area contributed by atoms with Crippen LogP contribution in [0.4, 0.5) is 0 Å². The molecule has 0 aromatic heterocycles. The van der Waals surface area contributed by atoms with Crippen molar-refractivity contribution in [2.45, 2.75) is 38.7 Å². The topological polar surface area (TPSA) is 41.5 Å². The van der Waals surface area contributed by atoms with Crippen LogP contribution >= 0.6 is 23.2 Å². The van der Waals surface area contributed by atoms with Crippen LogP contribution in [0.5, 0.6) is 5.75 Å². The Labute approximate surface area is 136 Å². The van der Waals surface area contributed by atoms with Gasteiger partial charge in [0.05, 0.1) is 5.02 Å². The van der Waals surface area contributed by atoms with E-state index in [9.17, 15) is 5.11 Å². The first-order valence-corrected chi connectivity index (χ1v) is 8.27. The molecule has 0 amide bonds. The van der Waals surface area contributed by atoms with E-state index < -0.39 is 6.10 Å². The number of ether oxygens (including phenoxy) is 1. The molecule has 3 nitrogen and oxygen atoms in total. The Kier molecular flexibility index (Phi) is 6.18. The first kappa shape index (κ1) is 16.9. The summed E-state index contributed by atoms with van der Waals surface area (Å²) in [5.41, 5.74) is 0.455. The molecule has 1 aliphatic rings. The van der Waals surface area contributed by atoms with Gasteiger partial charge in [-0.1, -0.05) is 36.5 Å². The SMILES string of the molecule is CCC1(CNCC(O)COc2cc(Cl)ccc2Cl)CCC1.